The molecule has 0 atom stereocenters. The summed E-state index contributed by atoms with van der Waals surface area (Å²) in [7, 11) is 0. The highest BCUT2D eigenvalue weighted by Gasteiger charge is 2.42. The summed E-state index contributed by atoms with van der Waals surface area (Å²) in [5.74, 6) is -0.744. The van der Waals surface area contributed by atoms with Gasteiger partial charge in [-0.05, 0) is 44.0 Å². The highest BCUT2D eigenvalue weighted by atomic mass is 35.5. The van der Waals surface area contributed by atoms with Gasteiger partial charge in [0, 0.05) is 17.2 Å². The first-order chi connectivity index (χ1) is 12.2. The Morgan fingerprint density at radius 3 is 2.38 bits per heavy atom. The number of benzene rings is 1. The maximum atomic E-state index is 13.0. The number of carbonyl (C=O) groups is 2. The minimum absolute atomic E-state index is 0.103. The molecule has 1 saturated carbocycles. The van der Waals surface area contributed by atoms with Gasteiger partial charge in [-0.3, -0.25) is 14.3 Å². The number of carbonyl (C=O) groups excluding carboxylic acids is 2. The summed E-state index contributed by atoms with van der Waals surface area (Å²) in [6.45, 7) is 1.04. The third-order valence-electron chi connectivity index (χ3n) is 4.03. The van der Waals surface area contributed by atoms with Crippen molar-refractivity contribution in [3.8, 4) is 0 Å². The zero-order chi connectivity index (χ0) is 19.1. The maximum Gasteiger partial charge on any atom is 0.436 e. The number of hydrogen-bond acceptors (Lipinski definition) is 3. The maximum absolute atomic E-state index is 13.0. The molecule has 1 aliphatic carbocycles. The van der Waals surface area contributed by atoms with Crippen molar-refractivity contribution in [2.75, 3.05) is 5.32 Å². The van der Waals surface area contributed by atoms with Gasteiger partial charge < -0.3 is 5.32 Å². The molecule has 0 spiro atoms. The van der Waals surface area contributed by atoms with E-state index in [-0.39, 0.29) is 23.9 Å². The highest BCUT2D eigenvalue weighted by Crippen LogP contribution is 2.46. The predicted octanol–water partition coefficient (Wildman–Crippen LogP) is 4.27. The van der Waals surface area contributed by atoms with E-state index >= 15 is 0 Å². The number of rotatable bonds is 5. The van der Waals surface area contributed by atoms with Crippen molar-refractivity contribution in [2.24, 2.45) is 0 Å². The van der Waals surface area contributed by atoms with Gasteiger partial charge in [-0.15, -0.1) is 0 Å². The van der Waals surface area contributed by atoms with Crippen molar-refractivity contribution in [1.82, 2.24) is 9.78 Å². The number of hydrogen-bond donors (Lipinski definition) is 1. The number of aromatic nitrogens is 2. The molecule has 26 heavy (non-hydrogen) atoms. The number of Topliss-reactive ketones (excluding diaryl/α,β-unsaturated/α-hetero) is 1. The summed E-state index contributed by atoms with van der Waals surface area (Å²) in [5, 5.41) is 5.66. The lowest BCUT2D eigenvalue weighted by Gasteiger charge is -2.08. The van der Waals surface area contributed by atoms with Gasteiger partial charge in [-0.2, -0.15) is 18.3 Å². The van der Waals surface area contributed by atoms with Gasteiger partial charge in [-0.25, -0.2) is 0 Å². The minimum atomic E-state index is -4.68. The van der Waals surface area contributed by atoms with Crippen molar-refractivity contribution in [3.05, 3.63) is 46.2 Å². The fourth-order valence-corrected chi connectivity index (χ4v) is 3.02. The van der Waals surface area contributed by atoms with E-state index in [0.29, 0.717) is 11.3 Å². The summed E-state index contributed by atoms with van der Waals surface area (Å²) in [4.78, 5) is 23.4. The topological polar surface area (TPSA) is 64.0 Å². The van der Waals surface area contributed by atoms with Crippen molar-refractivity contribution in [3.63, 3.8) is 0 Å². The van der Waals surface area contributed by atoms with Crippen LogP contribution in [0.3, 0.4) is 0 Å². The smallest absolute Gasteiger partial charge is 0.324 e. The third kappa shape index (κ3) is 3.90. The van der Waals surface area contributed by atoms with Crippen molar-refractivity contribution >= 4 is 29.0 Å². The minimum Gasteiger partial charge on any atom is -0.324 e. The Morgan fingerprint density at radius 2 is 1.88 bits per heavy atom. The Morgan fingerprint density at radius 1 is 1.27 bits per heavy atom. The molecule has 0 aliphatic heterocycles. The summed E-state index contributed by atoms with van der Waals surface area (Å²) < 4.78 is 40.1. The van der Waals surface area contributed by atoms with E-state index in [2.05, 4.69) is 10.4 Å². The highest BCUT2D eigenvalue weighted by molar-refractivity contribution is 6.32. The molecule has 1 aromatic carbocycles. The number of amides is 1. The second kappa shape index (κ2) is 6.75. The largest absolute Gasteiger partial charge is 0.436 e. The molecule has 3 rings (SSSR count). The van der Waals surface area contributed by atoms with Crippen LogP contribution in [0.25, 0.3) is 0 Å². The van der Waals surface area contributed by atoms with Crippen LogP contribution < -0.4 is 5.32 Å². The van der Waals surface area contributed by atoms with Gasteiger partial charge in [0.15, 0.2) is 11.5 Å². The first-order valence-electron chi connectivity index (χ1n) is 7.91. The van der Waals surface area contributed by atoms with Crippen LogP contribution in [0.4, 0.5) is 18.9 Å². The molecule has 0 unspecified atom stereocenters. The van der Waals surface area contributed by atoms with E-state index in [1.54, 1.807) is 24.3 Å². The molecule has 5 nitrogen and oxygen atoms in total. The number of ketones is 1. The summed E-state index contributed by atoms with van der Waals surface area (Å²) in [5.41, 5.74) is 0.00992. The van der Waals surface area contributed by atoms with Crippen molar-refractivity contribution in [2.45, 2.75) is 38.4 Å². The molecule has 1 N–H and O–H groups in total. The van der Waals surface area contributed by atoms with Crippen LogP contribution in [0.1, 0.15) is 47.4 Å². The normalized spacial score (nSPS) is 14.3. The zero-order valence-corrected chi connectivity index (χ0v) is 14.5. The number of alkyl halides is 3. The molecule has 0 bridgehead atoms. The van der Waals surface area contributed by atoms with Gasteiger partial charge in [0.25, 0.3) is 0 Å². The Balaban J connectivity index is 1.77. The first kappa shape index (κ1) is 18.4. The van der Waals surface area contributed by atoms with E-state index in [4.69, 9.17) is 11.6 Å². The fraction of sp³-hybridized carbons (Fsp3) is 0.353. The van der Waals surface area contributed by atoms with E-state index in [1.807, 2.05) is 0 Å². The van der Waals surface area contributed by atoms with Gasteiger partial charge in [0.2, 0.25) is 5.91 Å². The summed E-state index contributed by atoms with van der Waals surface area (Å²) >= 11 is 5.87. The lowest BCUT2D eigenvalue weighted by atomic mass is 10.1. The summed E-state index contributed by atoms with van der Waals surface area (Å²) in [6.07, 6.45) is -3.24. The van der Waals surface area contributed by atoms with E-state index < -0.39 is 22.8 Å². The van der Waals surface area contributed by atoms with E-state index in [1.165, 1.54) is 6.92 Å². The molecule has 138 valence electrons. The molecule has 0 radical (unpaired) electrons. The van der Waals surface area contributed by atoms with Gasteiger partial charge in [-0.1, -0.05) is 11.6 Å². The van der Waals surface area contributed by atoms with Crippen molar-refractivity contribution < 1.29 is 22.8 Å². The lowest BCUT2D eigenvalue weighted by molar-refractivity contribution is -0.141. The van der Waals surface area contributed by atoms with E-state index in [9.17, 15) is 22.8 Å². The molecule has 1 heterocycles. The Labute approximate surface area is 152 Å². The summed E-state index contributed by atoms with van der Waals surface area (Å²) in [6, 6.07) is 6.21. The monoisotopic (exact) mass is 385 g/mol. The average molecular weight is 386 g/mol. The third-order valence-corrected chi connectivity index (χ3v) is 4.41. The SMILES string of the molecule is CC(=O)c1ccc(NC(=O)Cn2nc(C(F)(F)F)c(Cl)c2C2CC2)cc1. The second-order valence-electron chi connectivity index (χ2n) is 6.16. The molecular weight excluding hydrogens is 371 g/mol. The Kier molecular flexibility index (Phi) is 4.79. The number of halogens is 4. The lowest BCUT2D eigenvalue weighted by Crippen LogP contribution is -2.21. The number of nitrogens with one attached hydrogen (secondary N) is 1. The Hall–Kier alpha value is -2.35. The van der Waals surface area contributed by atoms with Crippen LogP contribution in [-0.2, 0) is 17.5 Å². The molecular formula is C17H15ClF3N3O2. The molecule has 1 fully saturated rings. The fourth-order valence-electron chi connectivity index (χ4n) is 2.63. The number of anilines is 1. The second-order valence-corrected chi connectivity index (χ2v) is 6.54. The molecule has 1 aliphatic rings. The van der Waals surface area contributed by atoms with E-state index in [0.717, 1.165) is 17.5 Å². The quantitative estimate of drug-likeness (QED) is 0.781. The van der Waals surface area contributed by atoms with Gasteiger partial charge in [0.1, 0.15) is 6.54 Å². The number of nitrogens with zero attached hydrogens (tertiary/aromatic N) is 2. The molecule has 1 aromatic heterocycles. The Bertz CT molecular complexity index is 855. The molecule has 1 amide bonds. The molecule has 9 heteroatoms. The standard InChI is InChI=1S/C17H15ClF3N3O2/c1-9(25)10-4-6-12(7-5-10)22-13(26)8-24-15(11-2-3-11)14(18)16(23-24)17(19,20)21/h4-7,11H,2-3,8H2,1H3,(H,22,26). The first-order valence-corrected chi connectivity index (χ1v) is 8.29. The van der Waals surface area contributed by atoms with Gasteiger partial charge in [0.05, 0.1) is 10.7 Å². The molecule has 0 saturated heterocycles. The van der Waals surface area contributed by atoms with Crippen molar-refractivity contribution in [1.29, 1.82) is 0 Å². The van der Waals surface area contributed by atoms with Crippen LogP contribution in [0, 0.1) is 0 Å². The molecule has 2 aromatic rings. The van der Waals surface area contributed by atoms with Crippen LogP contribution in [-0.4, -0.2) is 21.5 Å². The van der Waals surface area contributed by atoms with Gasteiger partial charge >= 0.3 is 6.18 Å². The van der Waals surface area contributed by atoms with Crippen LogP contribution >= 0.6 is 11.6 Å². The average Bonchev–Trinajstić information content (AvgIpc) is 3.31. The predicted molar refractivity (Wildman–Crippen MR) is 89.3 cm³/mol. The van der Waals surface area contributed by atoms with Crippen LogP contribution in [0.15, 0.2) is 24.3 Å². The van der Waals surface area contributed by atoms with Crippen LogP contribution in [0.5, 0.6) is 0 Å². The van der Waals surface area contributed by atoms with Crippen LogP contribution in [0.2, 0.25) is 5.02 Å². The zero-order valence-electron chi connectivity index (χ0n) is 13.7.